The topological polar surface area (TPSA) is 49.4 Å². The summed E-state index contributed by atoms with van der Waals surface area (Å²) in [5.41, 5.74) is 4.35. The predicted molar refractivity (Wildman–Crippen MR) is 102 cm³/mol. The van der Waals surface area contributed by atoms with Gasteiger partial charge in [-0.05, 0) is 49.9 Å². The number of hydrogen-bond donors (Lipinski definition) is 1. The molecule has 0 radical (unpaired) electrons. The standard InChI is InChI=1S/C21H25FN2O2/c1-14-11-15(2)21(16(3)12-14)24(17(4)25)13-20(26)23-10-9-18-7-5-6-8-19(18)22/h5-8,11-12H,9-10,13H2,1-4H3,(H,23,26). The first-order valence-corrected chi connectivity index (χ1v) is 8.65. The second kappa shape index (κ2) is 8.61. The largest absolute Gasteiger partial charge is 0.354 e. The molecule has 26 heavy (non-hydrogen) atoms. The number of rotatable bonds is 6. The van der Waals surface area contributed by atoms with Gasteiger partial charge in [-0.1, -0.05) is 35.9 Å². The molecular formula is C21H25FN2O2. The van der Waals surface area contributed by atoms with Crippen LogP contribution in [0.2, 0.25) is 0 Å². The van der Waals surface area contributed by atoms with Gasteiger partial charge < -0.3 is 10.2 Å². The average molecular weight is 356 g/mol. The molecule has 0 saturated heterocycles. The lowest BCUT2D eigenvalue weighted by Gasteiger charge is -2.25. The molecule has 0 bridgehead atoms. The van der Waals surface area contributed by atoms with E-state index in [0.717, 1.165) is 22.4 Å². The quantitative estimate of drug-likeness (QED) is 0.862. The molecule has 0 aliphatic rings. The Labute approximate surface area is 154 Å². The highest BCUT2D eigenvalue weighted by molar-refractivity contribution is 5.98. The van der Waals surface area contributed by atoms with Crippen LogP contribution in [-0.2, 0) is 16.0 Å². The van der Waals surface area contributed by atoms with Gasteiger partial charge in [0.25, 0.3) is 0 Å². The third kappa shape index (κ3) is 4.91. The number of nitrogens with one attached hydrogen (secondary N) is 1. The number of aryl methyl sites for hydroxylation is 3. The molecule has 0 fully saturated rings. The minimum Gasteiger partial charge on any atom is -0.354 e. The molecule has 0 aliphatic heterocycles. The molecule has 0 aliphatic carbocycles. The predicted octanol–water partition coefficient (Wildman–Crippen LogP) is 3.46. The Balaban J connectivity index is 2.03. The number of nitrogens with zero attached hydrogens (tertiary/aromatic N) is 1. The number of hydrogen-bond acceptors (Lipinski definition) is 2. The molecule has 2 amide bonds. The minimum atomic E-state index is -0.280. The van der Waals surface area contributed by atoms with Gasteiger partial charge >= 0.3 is 0 Å². The lowest BCUT2D eigenvalue weighted by molar-refractivity contribution is -0.123. The van der Waals surface area contributed by atoms with Gasteiger partial charge in [0.05, 0.1) is 5.69 Å². The molecule has 0 unspecified atom stereocenters. The van der Waals surface area contributed by atoms with Gasteiger partial charge in [-0.15, -0.1) is 0 Å². The van der Waals surface area contributed by atoms with E-state index in [1.165, 1.54) is 17.9 Å². The number of carbonyl (C=O) groups excluding carboxylic acids is 2. The second-order valence-corrected chi connectivity index (χ2v) is 6.54. The summed E-state index contributed by atoms with van der Waals surface area (Å²) >= 11 is 0. The zero-order valence-electron chi connectivity index (χ0n) is 15.7. The summed E-state index contributed by atoms with van der Waals surface area (Å²) in [6, 6.07) is 10.5. The van der Waals surface area contributed by atoms with Crippen LogP contribution in [0.15, 0.2) is 36.4 Å². The SMILES string of the molecule is CC(=O)N(CC(=O)NCCc1ccccc1F)c1c(C)cc(C)cc1C. The summed E-state index contributed by atoms with van der Waals surface area (Å²) in [7, 11) is 0. The van der Waals surface area contributed by atoms with Gasteiger partial charge in [0.1, 0.15) is 12.4 Å². The zero-order valence-corrected chi connectivity index (χ0v) is 15.7. The van der Waals surface area contributed by atoms with Crippen molar-refractivity contribution in [3.63, 3.8) is 0 Å². The van der Waals surface area contributed by atoms with Crippen LogP contribution >= 0.6 is 0 Å². The molecule has 0 atom stereocenters. The molecule has 138 valence electrons. The van der Waals surface area contributed by atoms with Crippen LogP contribution in [0.1, 0.15) is 29.2 Å². The van der Waals surface area contributed by atoms with Crippen molar-refractivity contribution in [2.75, 3.05) is 18.0 Å². The molecule has 4 nitrogen and oxygen atoms in total. The number of benzene rings is 2. The Bertz CT molecular complexity index is 794. The molecule has 0 spiro atoms. The maximum atomic E-state index is 13.6. The molecule has 2 aromatic rings. The van der Waals surface area contributed by atoms with Crippen molar-refractivity contribution in [2.24, 2.45) is 0 Å². The molecule has 0 aromatic heterocycles. The van der Waals surface area contributed by atoms with Crippen LogP contribution in [0.5, 0.6) is 0 Å². The van der Waals surface area contributed by atoms with Crippen molar-refractivity contribution < 1.29 is 14.0 Å². The highest BCUT2D eigenvalue weighted by atomic mass is 19.1. The maximum Gasteiger partial charge on any atom is 0.240 e. The Morgan fingerprint density at radius 3 is 2.27 bits per heavy atom. The summed E-state index contributed by atoms with van der Waals surface area (Å²) in [6.07, 6.45) is 0.404. The van der Waals surface area contributed by atoms with E-state index in [2.05, 4.69) is 5.32 Å². The minimum absolute atomic E-state index is 0.0582. The first-order chi connectivity index (χ1) is 12.3. The molecule has 2 aromatic carbocycles. The summed E-state index contributed by atoms with van der Waals surface area (Å²) in [6.45, 7) is 7.57. The summed E-state index contributed by atoms with van der Waals surface area (Å²) in [5, 5.41) is 2.76. The van der Waals surface area contributed by atoms with Crippen molar-refractivity contribution in [1.82, 2.24) is 5.32 Å². The monoisotopic (exact) mass is 356 g/mol. The molecule has 1 N–H and O–H groups in total. The van der Waals surface area contributed by atoms with E-state index < -0.39 is 0 Å². The van der Waals surface area contributed by atoms with Gasteiger partial charge in [0.2, 0.25) is 11.8 Å². The van der Waals surface area contributed by atoms with Crippen molar-refractivity contribution >= 4 is 17.5 Å². The smallest absolute Gasteiger partial charge is 0.240 e. The highest BCUT2D eigenvalue weighted by Crippen LogP contribution is 2.26. The van der Waals surface area contributed by atoms with Crippen LogP contribution < -0.4 is 10.2 Å². The Kier molecular flexibility index (Phi) is 6.50. The lowest BCUT2D eigenvalue weighted by Crippen LogP contribution is -2.41. The van der Waals surface area contributed by atoms with Gasteiger partial charge in [-0.25, -0.2) is 4.39 Å². The van der Waals surface area contributed by atoms with Crippen LogP contribution in [-0.4, -0.2) is 24.9 Å². The number of halogens is 1. The van der Waals surface area contributed by atoms with E-state index in [1.54, 1.807) is 18.2 Å². The van der Waals surface area contributed by atoms with Gasteiger partial charge in [0.15, 0.2) is 0 Å². The second-order valence-electron chi connectivity index (χ2n) is 6.54. The fourth-order valence-corrected chi connectivity index (χ4v) is 3.18. The van der Waals surface area contributed by atoms with Crippen molar-refractivity contribution in [3.05, 3.63) is 64.5 Å². The summed E-state index contributed by atoms with van der Waals surface area (Å²) in [5.74, 6) is -0.738. The van der Waals surface area contributed by atoms with Gasteiger partial charge in [0, 0.05) is 13.5 Å². The molecule has 0 heterocycles. The average Bonchev–Trinajstić information content (AvgIpc) is 2.54. The first-order valence-electron chi connectivity index (χ1n) is 8.65. The molecule has 0 saturated carbocycles. The number of carbonyl (C=O) groups is 2. The normalized spacial score (nSPS) is 10.5. The van der Waals surface area contributed by atoms with Crippen molar-refractivity contribution in [3.8, 4) is 0 Å². The van der Waals surface area contributed by atoms with Crippen LogP contribution in [0.25, 0.3) is 0 Å². The van der Waals surface area contributed by atoms with E-state index in [0.29, 0.717) is 18.5 Å². The Morgan fingerprint density at radius 1 is 1.08 bits per heavy atom. The fourth-order valence-electron chi connectivity index (χ4n) is 3.18. The fraction of sp³-hybridized carbons (Fsp3) is 0.333. The third-order valence-electron chi connectivity index (χ3n) is 4.26. The van der Waals surface area contributed by atoms with Crippen LogP contribution in [0, 0.1) is 26.6 Å². The lowest BCUT2D eigenvalue weighted by atomic mass is 10.0. The molecule has 5 heteroatoms. The van der Waals surface area contributed by atoms with Gasteiger partial charge in [-0.3, -0.25) is 9.59 Å². The van der Waals surface area contributed by atoms with E-state index in [1.807, 2.05) is 32.9 Å². The Hall–Kier alpha value is -2.69. The highest BCUT2D eigenvalue weighted by Gasteiger charge is 2.19. The van der Waals surface area contributed by atoms with E-state index >= 15 is 0 Å². The first kappa shape index (κ1) is 19.6. The number of anilines is 1. The molecular weight excluding hydrogens is 331 g/mol. The maximum absolute atomic E-state index is 13.6. The van der Waals surface area contributed by atoms with E-state index in [-0.39, 0.29) is 24.2 Å². The van der Waals surface area contributed by atoms with Crippen molar-refractivity contribution in [2.45, 2.75) is 34.1 Å². The van der Waals surface area contributed by atoms with Crippen LogP contribution in [0.3, 0.4) is 0 Å². The summed E-state index contributed by atoms with van der Waals surface area (Å²) < 4.78 is 13.6. The van der Waals surface area contributed by atoms with Crippen molar-refractivity contribution in [1.29, 1.82) is 0 Å². The summed E-state index contributed by atoms with van der Waals surface area (Å²) in [4.78, 5) is 25.9. The van der Waals surface area contributed by atoms with E-state index in [9.17, 15) is 14.0 Å². The third-order valence-corrected chi connectivity index (χ3v) is 4.26. The molecule has 2 rings (SSSR count). The zero-order chi connectivity index (χ0) is 19.3. The Morgan fingerprint density at radius 2 is 1.69 bits per heavy atom. The number of amides is 2. The van der Waals surface area contributed by atoms with E-state index in [4.69, 9.17) is 0 Å². The van der Waals surface area contributed by atoms with Gasteiger partial charge in [-0.2, -0.15) is 0 Å². The van der Waals surface area contributed by atoms with Crippen LogP contribution in [0.4, 0.5) is 10.1 Å².